The summed E-state index contributed by atoms with van der Waals surface area (Å²) in [6.45, 7) is 0. The molecule has 0 aromatic heterocycles. The van der Waals surface area contributed by atoms with Gasteiger partial charge in [0.1, 0.15) is 0 Å². The number of nitrogens with one attached hydrogen (secondary N) is 1. The van der Waals surface area contributed by atoms with Crippen molar-refractivity contribution in [3.8, 4) is 0 Å². The molecule has 0 spiro atoms. The zero-order valence-corrected chi connectivity index (χ0v) is 4.98. The Labute approximate surface area is 49.8 Å². The minimum Gasteiger partial charge on any atom is -0.388 e. The molecule has 0 amide bonds. The van der Waals surface area contributed by atoms with Gasteiger partial charge in [0.25, 0.3) is 0 Å². The van der Waals surface area contributed by atoms with Gasteiger partial charge in [0.15, 0.2) is 0 Å². The third-order valence-electron chi connectivity index (χ3n) is 1.64. The molecule has 0 aromatic carbocycles. The summed E-state index contributed by atoms with van der Waals surface area (Å²) in [5, 5.41) is 3.36. The van der Waals surface area contributed by atoms with Gasteiger partial charge in [0, 0.05) is 6.04 Å². The van der Waals surface area contributed by atoms with E-state index in [9.17, 15) is 0 Å². The van der Waals surface area contributed by atoms with Crippen LogP contribution in [0.5, 0.6) is 0 Å². The molecule has 2 fully saturated rings. The topological polar surface area (TPSA) is 12.0 Å². The Morgan fingerprint density at radius 1 is 1.38 bits per heavy atom. The Balaban J connectivity index is 1.75. The number of hydrogen-bond donors (Lipinski definition) is 1. The summed E-state index contributed by atoms with van der Waals surface area (Å²) in [7, 11) is 0. The van der Waals surface area contributed by atoms with Crippen LogP contribution in [0.1, 0.15) is 25.7 Å². The Morgan fingerprint density at radius 2 is 2.12 bits per heavy atom. The highest BCUT2D eigenvalue weighted by Gasteiger charge is 2.20. The molecule has 0 heterocycles. The van der Waals surface area contributed by atoms with E-state index >= 15 is 0 Å². The van der Waals surface area contributed by atoms with Crippen LogP contribution in [0.2, 0.25) is 0 Å². The van der Waals surface area contributed by atoms with Crippen molar-refractivity contribution >= 4 is 0 Å². The fourth-order valence-corrected chi connectivity index (χ4v) is 0.702. The molecule has 0 unspecified atom stereocenters. The second-order valence-electron chi connectivity index (χ2n) is 2.74. The quantitative estimate of drug-likeness (QED) is 0.565. The van der Waals surface area contributed by atoms with Gasteiger partial charge in [-0.15, -0.1) is 0 Å². The molecule has 0 saturated heterocycles. The minimum atomic E-state index is 0.850. The van der Waals surface area contributed by atoms with Gasteiger partial charge in [-0.25, -0.2) is 0 Å². The standard InChI is InChI=1S/C7H11N/c1-2-6(1)5-8-7-3-4-7/h5,7-8H,1-4H2. The molecule has 0 aromatic rings. The molecule has 1 heteroatoms. The maximum Gasteiger partial charge on any atom is 0.0257 e. The molecule has 8 heavy (non-hydrogen) atoms. The summed E-state index contributed by atoms with van der Waals surface area (Å²) in [6, 6.07) is 0.850. The Kier molecular flexibility index (Phi) is 0.833. The first-order valence-electron chi connectivity index (χ1n) is 3.39. The van der Waals surface area contributed by atoms with Gasteiger partial charge >= 0.3 is 0 Å². The van der Waals surface area contributed by atoms with Gasteiger partial charge in [-0.3, -0.25) is 0 Å². The average Bonchev–Trinajstić information content (AvgIpc) is 2.60. The normalized spacial score (nSPS) is 25.2. The van der Waals surface area contributed by atoms with E-state index in [1.54, 1.807) is 5.57 Å². The molecule has 44 valence electrons. The first-order chi connectivity index (χ1) is 3.95. The summed E-state index contributed by atoms with van der Waals surface area (Å²) in [4.78, 5) is 0. The van der Waals surface area contributed by atoms with Crippen LogP contribution in [0, 0.1) is 0 Å². The first kappa shape index (κ1) is 4.42. The summed E-state index contributed by atoms with van der Waals surface area (Å²) in [5.41, 5.74) is 1.61. The predicted molar refractivity (Wildman–Crippen MR) is 33.5 cm³/mol. The van der Waals surface area contributed by atoms with Gasteiger partial charge in [0.2, 0.25) is 0 Å². The van der Waals surface area contributed by atoms with Crippen molar-refractivity contribution in [3.05, 3.63) is 11.8 Å². The van der Waals surface area contributed by atoms with Gasteiger partial charge in [-0.05, 0) is 31.9 Å². The molecule has 0 aliphatic heterocycles. The zero-order chi connectivity index (χ0) is 5.40. The summed E-state index contributed by atoms with van der Waals surface area (Å²) < 4.78 is 0. The second-order valence-corrected chi connectivity index (χ2v) is 2.74. The molecule has 0 radical (unpaired) electrons. The Morgan fingerprint density at radius 3 is 2.62 bits per heavy atom. The summed E-state index contributed by atoms with van der Waals surface area (Å²) in [6.07, 6.45) is 7.69. The van der Waals surface area contributed by atoms with Crippen molar-refractivity contribution in [3.63, 3.8) is 0 Å². The number of allylic oxidation sites excluding steroid dienone is 1. The lowest BCUT2D eigenvalue weighted by atomic mass is 10.6. The lowest BCUT2D eigenvalue weighted by Crippen LogP contribution is -2.05. The van der Waals surface area contributed by atoms with Crippen LogP contribution in [0.3, 0.4) is 0 Å². The highest BCUT2D eigenvalue weighted by molar-refractivity contribution is 5.15. The molecule has 2 rings (SSSR count). The van der Waals surface area contributed by atoms with Gasteiger partial charge in [-0.1, -0.05) is 5.57 Å². The van der Waals surface area contributed by atoms with Crippen LogP contribution in [0.15, 0.2) is 11.8 Å². The summed E-state index contributed by atoms with van der Waals surface area (Å²) in [5.74, 6) is 0. The van der Waals surface area contributed by atoms with E-state index in [1.165, 1.54) is 25.7 Å². The summed E-state index contributed by atoms with van der Waals surface area (Å²) >= 11 is 0. The van der Waals surface area contributed by atoms with Crippen molar-refractivity contribution in [2.45, 2.75) is 31.7 Å². The van der Waals surface area contributed by atoms with Crippen LogP contribution >= 0.6 is 0 Å². The average molecular weight is 109 g/mol. The van der Waals surface area contributed by atoms with E-state index in [4.69, 9.17) is 0 Å². The predicted octanol–water partition coefficient (Wildman–Crippen LogP) is 1.42. The number of rotatable bonds is 2. The van der Waals surface area contributed by atoms with E-state index < -0.39 is 0 Å². The highest BCUT2D eigenvalue weighted by atomic mass is 14.9. The van der Waals surface area contributed by atoms with Crippen molar-refractivity contribution in [1.29, 1.82) is 0 Å². The smallest absolute Gasteiger partial charge is 0.0257 e. The van der Waals surface area contributed by atoms with Crippen molar-refractivity contribution < 1.29 is 0 Å². The number of hydrogen-bond acceptors (Lipinski definition) is 1. The Hall–Kier alpha value is -0.460. The van der Waals surface area contributed by atoms with Crippen LogP contribution in [0.4, 0.5) is 0 Å². The monoisotopic (exact) mass is 109 g/mol. The van der Waals surface area contributed by atoms with Crippen LogP contribution in [-0.2, 0) is 0 Å². The molecule has 1 N–H and O–H groups in total. The molecular formula is C7H11N. The zero-order valence-electron chi connectivity index (χ0n) is 4.98. The van der Waals surface area contributed by atoms with Gasteiger partial charge in [0.05, 0.1) is 0 Å². The van der Waals surface area contributed by atoms with E-state index in [-0.39, 0.29) is 0 Å². The minimum absolute atomic E-state index is 0.850. The molecule has 0 bridgehead atoms. The van der Waals surface area contributed by atoms with Crippen LogP contribution < -0.4 is 5.32 Å². The van der Waals surface area contributed by atoms with E-state index in [1.807, 2.05) is 0 Å². The highest BCUT2D eigenvalue weighted by Crippen LogP contribution is 2.27. The van der Waals surface area contributed by atoms with Gasteiger partial charge < -0.3 is 5.32 Å². The third kappa shape index (κ3) is 1.03. The van der Waals surface area contributed by atoms with Crippen molar-refractivity contribution in [1.82, 2.24) is 5.32 Å². The lowest BCUT2D eigenvalue weighted by molar-refractivity contribution is 0.859. The maximum atomic E-state index is 3.36. The molecule has 1 nitrogen and oxygen atoms in total. The SMILES string of the molecule is C(NC1CC1)=C1CC1. The molecule has 2 aliphatic carbocycles. The fraction of sp³-hybridized carbons (Fsp3) is 0.714. The van der Waals surface area contributed by atoms with Crippen LogP contribution in [-0.4, -0.2) is 6.04 Å². The maximum absolute atomic E-state index is 3.36. The second kappa shape index (κ2) is 1.51. The van der Waals surface area contributed by atoms with E-state index in [0.717, 1.165) is 6.04 Å². The van der Waals surface area contributed by atoms with Gasteiger partial charge in [-0.2, -0.15) is 0 Å². The van der Waals surface area contributed by atoms with Crippen LogP contribution in [0.25, 0.3) is 0 Å². The van der Waals surface area contributed by atoms with Crippen molar-refractivity contribution in [2.24, 2.45) is 0 Å². The molecule has 0 atom stereocenters. The lowest BCUT2D eigenvalue weighted by Gasteiger charge is -1.89. The third-order valence-corrected chi connectivity index (χ3v) is 1.64. The largest absolute Gasteiger partial charge is 0.388 e. The Bertz CT molecular complexity index is 116. The van der Waals surface area contributed by atoms with Crippen molar-refractivity contribution in [2.75, 3.05) is 0 Å². The first-order valence-corrected chi connectivity index (χ1v) is 3.39. The van der Waals surface area contributed by atoms with E-state index in [2.05, 4.69) is 11.5 Å². The molecule has 2 aliphatic rings. The molecular weight excluding hydrogens is 98.1 g/mol. The molecule has 2 saturated carbocycles. The fourth-order valence-electron chi connectivity index (χ4n) is 0.702. The van der Waals surface area contributed by atoms with E-state index in [0.29, 0.717) is 0 Å².